The van der Waals surface area contributed by atoms with Crippen molar-refractivity contribution in [1.82, 2.24) is 5.32 Å². The Morgan fingerprint density at radius 3 is 2.67 bits per heavy atom. The Balaban J connectivity index is 2.03. The molecule has 0 fully saturated rings. The van der Waals surface area contributed by atoms with Gasteiger partial charge >= 0.3 is 0 Å². The molecule has 0 saturated carbocycles. The third-order valence-electron chi connectivity index (χ3n) is 2.75. The molecule has 0 heterocycles. The molecule has 2 aromatic rings. The minimum absolute atomic E-state index is 0.229. The van der Waals surface area contributed by atoms with Crippen molar-refractivity contribution in [3.05, 3.63) is 58.1 Å². The highest BCUT2D eigenvalue weighted by molar-refractivity contribution is 9.10. The van der Waals surface area contributed by atoms with E-state index < -0.39 is 0 Å². The number of carbonyl (C=O) groups excluding carboxylic acids is 1. The van der Waals surface area contributed by atoms with Gasteiger partial charge in [-0.3, -0.25) is 10.1 Å². The summed E-state index contributed by atoms with van der Waals surface area (Å²) < 4.78 is 0.773. The van der Waals surface area contributed by atoms with Crippen LogP contribution in [0, 0.1) is 6.92 Å². The van der Waals surface area contributed by atoms with E-state index in [9.17, 15) is 4.79 Å². The van der Waals surface area contributed by atoms with Crippen LogP contribution in [0.4, 0.5) is 11.4 Å². The van der Waals surface area contributed by atoms with Crippen molar-refractivity contribution in [2.75, 3.05) is 11.1 Å². The largest absolute Gasteiger partial charge is 0.399 e. The van der Waals surface area contributed by atoms with Crippen LogP contribution >= 0.6 is 28.1 Å². The topological polar surface area (TPSA) is 67.2 Å². The number of carbonyl (C=O) groups is 1. The zero-order valence-corrected chi connectivity index (χ0v) is 13.7. The Kier molecular flexibility index (Phi) is 4.93. The summed E-state index contributed by atoms with van der Waals surface area (Å²) in [4.78, 5) is 12.1. The molecule has 0 aliphatic rings. The van der Waals surface area contributed by atoms with E-state index in [2.05, 4.69) is 26.6 Å². The van der Waals surface area contributed by atoms with Gasteiger partial charge < -0.3 is 11.1 Å². The van der Waals surface area contributed by atoms with Crippen LogP contribution in [-0.4, -0.2) is 11.0 Å². The third-order valence-corrected chi connectivity index (χ3v) is 3.61. The summed E-state index contributed by atoms with van der Waals surface area (Å²) in [6.07, 6.45) is 0. The fourth-order valence-corrected chi connectivity index (χ4v) is 2.45. The quantitative estimate of drug-likeness (QED) is 0.564. The number of aryl methyl sites for hydroxylation is 1. The molecule has 0 radical (unpaired) electrons. The highest BCUT2D eigenvalue weighted by Gasteiger charge is 2.09. The third kappa shape index (κ3) is 4.27. The van der Waals surface area contributed by atoms with E-state index in [1.165, 1.54) is 0 Å². The van der Waals surface area contributed by atoms with Gasteiger partial charge in [0, 0.05) is 15.7 Å². The summed E-state index contributed by atoms with van der Waals surface area (Å²) in [6.45, 7) is 1.93. The average Bonchev–Trinajstić information content (AvgIpc) is 2.42. The SMILES string of the molecule is Cc1cccc(C(=O)NC(=S)Nc2ccc(N)cc2Br)c1. The summed E-state index contributed by atoms with van der Waals surface area (Å²) in [5, 5.41) is 5.82. The normalized spacial score (nSPS) is 10.0. The molecule has 0 aromatic heterocycles. The van der Waals surface area contributed by atoms with Crippen molar-refractivity contribution in [2.24, 2.45) is 0 Å². The summed E-state index contributed by atoms with van der Waals surface area (Å²) in [5.74, 6) is -0.247. The first kappa shape index (κ1) is 15.5. The van der Waals surface area contributed by atoms with E-state index in [4.69, 9.17) is 18.0 Å². The van der Waals surface area contributed by atoms with Crippen LogP contribution < -0.4 is 16.4 Å². The second-order valence-electron chi connectivity index (χ2n) is 4.52. The molecule has 0 aliphatic carbocycles. The minimum atomic E-state index is -0.247. The minimum Gasteiger partial charge on any atom is -0.399 e. The molecule has 0 saturated heterocycles. The summed E-state index contributed by atoms with van der Waals surface area (Å²) in [7, 11) is 0. The average molecular weight is 364 g/mol. The number of nitrogen functional groups attached to an aromatic ring is 1. The van der Waals surface area contributed by atoms with Crippen LogP contribution in [0.1, 0.15) is 15.9 Å². The van der Waals surface area contributed by atoms with Gasteiger partial charge in [-0.1, -0.05) is 17.7 Å². The predicted octanol–water partition coefficient (Wildman–Crippen LogP) is 3.47. The van der Waals surface area contributed by atoms with E-state index in [0.717, 1.165) is 15.7 Å². The lowest BCUT2D eigenvalue weighted by Crippen LogP contribution is -2.34. The number of nitrogens with two attached hydrogens (primary N) is 1. The fourth-order valence-electron chi connectivity index (χ4n) is 1.75. The molecule has 0 bridgehead atoms. The zero-order valence-electron chi connectivity index (χ0n) is 11.3. The molecule has 2 aromatic carbocycles. The van der Waals surface area contributed by atoms with E-state index in [1.54, 1.807) is 30.3 Å². The Labute approximate surface area is 136 Å². The van der Waals surface area contributed by atoms with Crippen molar-refractivity contribution < 1.29 is 4.79 Å². The van der Waals surface area contributed by atoms with Gasteiger partial charge in [-0.05, 0) is 65.4 Å². The van der Waals surface area contributed by atoms with Crippen molar-refractivity contribution in [3.63, 3.8) is 0 Å². The smallest absolute Gasteiger partial charge is 0.257 e. The second-order valence-corrected chi connectivity index (χ2v) is 5.78. The van der Waals surface area contributed by atoms with Gasteiger partial charge in [0.25, 0.3) is 5.91 Å². The number of rotatable bonds is 2. The molecular formula is C15H14BrN3OS. The number of benzene rings is 2. The molecule has 0 spiro atoms. The highest BCUT2D eigenvalue weighted by atomic mass is 79.9. The van der Waals surface area contributed by atoms with Crippen LogP contribution in [0.25, 0.3) is 0 Å². The molecule has 0 atom stereocenters. The molecule has 108 valence electrons. The van der Waals surface area contributed by atoms with Gasteiger partial charge in [0.1, 0.15) is 0 Å². The van der Waals surface area contributed by atoms with Gasteiger partial charge in [-0.25, -0.2) is 0 Å². The molecule has 4 nitrogen and oxygen atoms in total. The monoisotopic (exact) mass is 363 g/mol. The maximum Gasteiger partial charge on any atom is 0.257 e. The number of halogens is 1. The maximum absolute atomic E-state index is 12.1. The molecule has 0 unspecified atom stereocenters. The van der Waals surface area contributed by atoms with Gasteiger partial charge in [0.2, 0.25) is 0 Å². The molecule has 0 aliphatic heterocycles. The van der Waals surface area contributed by atoms with Crippen molar-refractivity contribution in [1.29, 1.82) is 0 Å². The Morgan fingerprint density at radius 2 is 2.00 bits per heavy atom. The number of anilines is 2. The number of thiocarbonyl (C=S) groups is 1. The molecular weight excluding hydrogens is 350 g/mol. The Morgan fingerprint density at radius 1 is 1.24 bits per heavy atom. The lowest BCUT2D eigenvalue weighted by atomic mass is 10.1. The summed E-state index contributed by atoms with van der Waals surface area (Å²) in [6, 6.07) is 12.6. The zero-order chi connectivity index (χ0) is 15.4. The van der Waals surface area contributed by atoms with E-state index >= 15 is 0 Å². The van der Waals surface area contributed by atoms with Gasteiger partial charge in [0.05, 0.1) is 5.69 Å². The molecule has 6 heteroatoms. The Hall–Kier alpha value is -1.92. The standard InChI is InChI=1S/C15H14BrN3OS/c1-9-3-2-4-10(7-9)14(20)19-15(21)18-13-6-5-11(17)8-12(13)16/h2-8H,17H2,1H3,(H2,18,19,20,21). The van der Waals surface area contributed by atoms with Gasteiger partial charge in [0.15, 0.2) is 5.11 Å². The Bertz CT molecular complexity index is 703. The van der Waals surface area contributed by atoms with E-state index in [1.807, 2.05) is 19.1 Å². The highest BCUT2D eigenvalue weighted by Crippen LogP contribution is 2.24. The van der Waals surface area contributed by atoms with Crippen molar-refractivity contribution >= 4 is 50.5 Å². The molecule has 4 N–H and O–H groups in total. The molecule has 1 amide bonds. The van der Waals surface area contributed by atoms with E-state index in [-0.39, 0.29) is 11.0 Å². The lowest BCUT2D eigenvalue weighted by molar-refractivity contribution is 0.0977. The number of hydrogen-bond acceptors (Lipinski definition) is 3. The first-order valence-corrected chi connectivity index (χ1v) is 7.40. The van der Waals surface area contributed by atoms with E-state index in [0.29, 0.717) is 11.3 Å². The van der Waals surface area contributed by atoms with Crippen LogP contribution in [0.15, 0.2) is 46.9 Å². The number of hydrogen-bond donors (Lipinski definition) is 3. The van der Waals surface area contributed by atoms with Gasteiger partial charge in [-0.2, -0.15) is 0 Å². The number of nitrogens with one attached hydrogen (secondary N) is 2. The van der Waals surface area contributed by atoms with Gasteiger partial charge in [-0.15, -0.1) is 0 Å². The van der Waals surface area contributed by atoms with Crippen LogP contribution in [0.2, 0.25) is 0 Å². The number of amides is 1. The lowest BCUT2D eigenvalue weighted by Gasteiger charge is -2.11. The van der Waals surface area contributed by atoms with Crippen molar-refractivity contribution in [3.8, 4) is 0 Å². The maximum atomic E-state index is 12.1. The van der Waals surface area contributed by atoms with Crippen molar-refractivity contribution in [2.45, 2.75) is 6.92 Å². The van der Waals surface area contributed by atoms with Crippen LogP contribution in [0.3, 0.4) is 0 Å². The first-order valence-electron chi connectivity index (χ1n) is 6.20. The van der Waals surface area contributed by atoms with Crippen LogP contribution in [-0.2, 0) is 0 Å². The summed E-state index contributed by atoms with van der Waals surface area (Å²) in [5.41, 5.74) is 8.63. The molecule has 2 rings (SSSR count). The molecule has 21 heavy (non-hydrogen) atoms. The second kappa shape index (κ2) is 6.69. The first-order chi connectivity index (χ1) is 9.95. The fraction of sp³-hybridized carbons (Fsp3) is 0.0667. The van der Waals surface area contributed by atoms with Crippen LogP contribution in [0.5, 0.6) is 0 Å². The predicted molar refractivity (Wildman–Crippen MR) is 93.4 cm³/mol. The summed E-state index contributed by atoms with van der Waals surface area (Å²) >= 11 is 8.52.